The van der Waals surface area contributed by atoms with E-state index in [1.54, 1.807) is 6.20 Å². The minimum Gasteiger partial charge on any atom is -0.326 e. The molecule has 1 N–H and O–H groups in total. The molecule has 1 atom stereocenters. The molecule has 27 heavy (non-hydrogen) atoms. The van der Waals surface area contributed by atoms with E-state index >= 15 is 0 Å². The second kappa shape index (κ2) is 8.48. The van der Waals surface area contributed by atoms with Gasteiger partial charge in [-0.15, -0.1) is 0 Å². The molecule has 0 unspecified atom stereocenters. The van der Waals surface area contributed by atoms with Crippen molar-refractivity contribution in [3.05, 3.63) is 42.5 Å². The molecular weight excluding hydrogens is 356 g/mol. The first kappa shape index (κ1) is 18.6. The number of aromatic nitrogens is 2. The number of carbonyl (C=O) groups excluding carboxylic acids is 1. The summed E-state index contributed by atoms with van der Waals surface area (Å²) in [4.78, 5) is 19.6. The van der Waals surface area contributed by atoms with E-state index in [4.69, 9.17) is 0 Å². The van der Waals surface area contributed by atoms with Crippen LogP contribution in [0.1, 0.15) is 31.5 Å². The van der Waals surface area contributed by atoms with Crippen LogP contribution in [0.25, 0.3) is 5.69 Å². The van der Waals surface area contributed by atoms with Crippen LogP contribution in [0.5, 0.6) is 0 Å². The number of likely N-dealkylation sites (tertiary alicyclic amines) is 1. The maximum Gasteiger partial charge on any atom is 0.228 e. The Balaban J connectivity index is 1.36. The Kier molecular flexibility index (Phi) is 5.83. The molecule has 1 amide bonds. The largest absolute Gasteiger partial charge is 0.326 e. The number of nitrogens with one attached hydrogen (secondary N) is 1. The number of hydrogen-bond acceptors (Lipinski definition) is 4. The van der Waals surface area contributed by atoms with Crippen LogP contribution in [0.15, 0.2) is 36.7 Å². The molecule has 2 aliphatic rings. The molecule has 0 spiro atoms. The fourth-order valence-corrected chi connectivity index (χ4v) is 5.28. The van der Waals surface area contributed by atoms with Gasteiger partial charge in [-0.3, -0.25) is 9.69 Å². The molecular formula is C21H28N4OS. The summed E-state index contributed by atoms with van der Waals surface area (Å²) in [6.45, 7) is 4.04. The number of imidazole rings is 1. The molecule has 2 fully saturated rings. The number of anilines is 1. The van der Waals surface area contributed by atoms with Gasteiger partial charge in [0.15, 0.2) is 0 Å². The number of piperidine rings is 1. The summed E-state index contributed by atoms with van der Waals surface area (Å²) in [5, 5.41) is 3.13. The van der Waals surface area contributed by atoms with Crippen LogP contribution < -0.4 is 5.32 Å². The van der Waals surface area contributed by atoms with Crippen molar-refractivity contribution in [2.24, 2.45) is 5.92 Å². The van der Waals surface area contributed by atoms with Crippen molar-refractivity contribution in [3.63, 3.8) is 0 Å². The van der Waals surface area contributed by atoms with Gasteiger partial charge in [0.05, 0.1) is 5.92 Å². The zero-order chi connectivity index (χ0) is 18.6. The summed E-state index contributed by atoms with van der Waals surface area (Å²) >= 11 is 2.06. The van der Waals surface area contributed by atoms with Crippen LogP contribution in [0.2, 0.25) is 0 Å². The summed E-state index contributed by atoms with van der Waals surface area (Å²) in [6.07, 6.45) is 8.41. The number of nitrogens with zero attached hydrogens (tertiary/aromatic N) is 3. The van der Waals surface area contributed by atoms with Crippen LogP contribution in [0.3, 0.4) is 0 Å². The first-order valence-electron chi connectivity index (χ1n) is 9.94. The number of carbonyl (C=O) groups is 1. The molecule has 2 aliphatic heterocycles. The number of aryl methyl sites for hydroxylation is 1. The summed E-state index contributed by atoms with van der Waals surface area (Å²) in [5.41, 5.74) is 1.93. The first-order valence-corrected chi connectivity index (χ1v) is 11.1. The minimum absolute atomic E-state index is 0.101. The molecule has 3 heterocycles. The number of rotatable bonds is 4. The lowest BCUT2D eigenvalue weighted by atomic mass is 9.94. The molecule has 6 heteroatoms. The third kappa shape index (κ3) is 4.38. The average molecular weight is 385 g/mol. The van der Waals surface area contributed by atoms with Crippen LogP contribution in [-0.4, -0.2) is 51.0 Å². The highest BCUT2D eigenvalue weighted by atomic mass is 32.2. The second-order valence-corrected chi connectivity index (χ2v) is 8.78. The molecule has 4 rings (SSSR count). The molecule has 144 valence electrons. The van der Waals surface area contributed by atoms with E-state index in [9.17, 15) is 4.79 Å². The van der Waals surface area contributed by atoms with E-state index < -0.39 is 0 Å². The smallest absolute Gasteiger partial charge is 0.228 e. The van der Waals surface area contributed by atoms with Gasteiger partial charge in [-0.25, -0.2) is 4.98 Å². The standard InChI is InChI=1S/C21H28N4OS/c1-16-22-10-12-25(16)20-6-4-18(5-7-20)23-21(26)17-3-2-11-24(15-17)19-8-13-27-14-9-19/h4-7,10,12,17,19H,2-3,8-9,11,13-15H2,1H3,(H,23,26)/t17-/m1/s1. The Morgan fingerprint density at radius 1 is 1.19 bits per heavy atom. The van der Waals surface area contributed by atoms with E-state index in [-0.39, 0.29) is 11.8 Å². The number of thioether (sulfide) groups is 1. The van der Waals surface area contributed by atoms with E-state index in [1.807, 2.05) is 42.0 Å². The minimum atomic E-state index is 0.101. The molecule has 0 radical (unpaired) electrons. The quantitative estimate of drug-likeness (QED) is 0.873. The van der Waals surface area contributed by atoms with Gasteiger partial charge >= 0.3 is 0 Å². The normalized spacial score (nSPS) is 21.9. The van der Waals surface area contributed by atoms with Crippen molar-refractivity contribution in [1.82, 2.24) is 14.5 Å². The van der Waals surface area contributed by atoms with Gasteiger partial charge < -0.3 is 9.88 Å². The lowest BCUT2D eigenvalue weighted by molar-refractivity contribution is -0.121. The van der Waals surface area contributed by atoms with Crippen LogP contribution in [-0.2, 0) is 4.79 Å². The number of hydrogen-bond donors (Lipinski definition) is 1. The number of benzene rings is 1. The van der Waals surface area contributed by atoms with Crippen LogP contribution in [0.4, 0.5) is 5.69 Å². The van der Waals surface area contributed by atoms with E-state index in [0.29, 0.717) is 6.04 Å². The van der Waals surface area contributed by atoms with Gasteiger partial charge in [-0.05, 0) is 74.9 Å². The van der Waals surface area contributed by atoms with Crippen molar-refractivity contribution in [2.75, 3.05) is 29.9 Å². The topological polar surface area (TPSA) is 50.2 Å². The highest BCUT2D eigenvalue weighted by molar-refractivity contribution is 7.99. The monoisotopic (exact) mass is 384 g/mol. The van der Waals surface area contributed by atoms with Gasteiger partial charge in [0.2, 0.25) is 5.91 Å². The van der Waals surface area contributed by atoms with Crippen molar-refractivity contribution < 1.29 is 4.79 Å². The van der Waals surface area contributed by atoms with Gasteiger partial charge in [-0.2, -0.15) is 11.8 Å². The zero-order valence-corrected chi connectivity index (χ0v) is 16.8. The van der Waals surface area contributed by atoms with Crippen LogP contribution in [0, 0.1) is 12.8 Å². The molecule has 0 aliphatic carbocycles. The second-order valence-electron chi connectivity index (χ2n) is 7.56. The molecule has 2 saturated heterocycles. The predicted molar refractivity (Wildman–Crippen MR) is 112 cm³/mol. The average Bonchev–Trinajstić information content (AvgIpc) is 3.15. The van der Waals surface area contributed by atoms with Crippen molar-refractivity contribution >= 4 is 23.4 Å². The summed E-state index contributed by atoms with van der Waals surface area (Å²) in [6, 6.07) is 8.69. The molecule has 1 aromatic carbocycles. The molecule has 5 nitrogen and oxygen atoms in total. The summed E-state index contributed by atoms with van der Waals surface area (Å²) in [7, 11) is 0. The Morgan fingerprint density at radius 3 is 2.67 bits per heavy atom. The third-order valence-electron chi connectivity index (χ3n) is 5.77. The Morgan fingerprint density at radius 2 is 1.96 bits per heavy atom. The van der Waals surface area contributed by atoms with Gasteiger partial charge in [-0.1, -0.05) is 0 Å². The van der Waals surface area contributed by atoms with E-state index in [1.165, 1.54) is 24.3 Å². The Hall–Kier alpha value is -1.79. The fraction of sp³-hybridized carbons (Fsp3) is 0.524. The van der Waals surface area contributed by atoms with E-state index in [2.05, 4.69) is 27.0 Å². The Labute approximate surface area is 165 Å². The SMILES string of the molecule is Cc1nccn1-c1ccc(NC(=O)[C@@H]2CCCN(C3CCSCC3)C2)cc1. The third-order valence-corrected chi connectivity index (χ3v) is 6.82. The molecule has 0 bridgehead atoms. The predicted octanol–water partition coefficient (Wildman–Crippen LogP) is 3.73. The summed E-state index contributed by atoms with van der Waals surface area (Å²) < 4.78 is 2.03. The van der Waals surface area contributed by atoms with Gasteiger partial charge in [0, 0.05) is 36.4 Å². The number of amides is 1. The maximum absolute atomic E-state index is 12.8. The molecule has 1 aromatic heterocycles. The van der Waals surface area contributed by atoms with Crippen molar-refractivity contribution in [1.29, 1.82) is 0 Å². The molecule has 2 aromatic rings. The Bertz CT molecular complexity index is 767. The van der Waals surface area contributed by atoms with Crippen LogP contribution >= 0.6 is 11.8 Å². The lowest BCUT2D eigenvalue weighted by Crippen LogP contribution is -2.47. The highest BCUT2D eigenvalue weighted by Gasteiger charge is 2.30. The first-order chi connectivity index (χ1) is 13.2. The van der Waals surface area contributed by atoms with Gasteiger partial charge in [0.25, 0.3) is 0 Å². The zero-order valence-electron chi connectivity index (χ0n) is 15.9. The molecule has 0 saturated carbocycles. The summed E-state index contributed by atoms with van der Waals surface area (Å²) in [5.74, 6) is 3.75. The maximum atomic E-state index is 12.8. The van der Waals surface area contributed by atoms with Crippen molar-refractivity contribution in [2.45, 2.75) is 38.6 Å². The highest BCUT2D eigenvalue weighted by Crippen LogP contribution is 2.27. The lowest BCUT2D eigenvalue weighted by Gasteiger charge is -2.39. The van der Waals surface area contributed by atoms with Gasteiger partial charge in [0.1, 0.15) is 5.82 Å². The fourth-order valence-electron chi connectivity index (χ4n) is 4.20. The van der Waals surface area contributed by atoms with Crippen molar-refractivity contribution in [3.8, 4) is 5.69 Å². The van der Waals surface area contributed by atoms with E-state index in [0.717, 1.165) is 43.1 Å².